The summed E-state index contributed by atoms with van der Waals surface area (Å²) in [4.78, 5) is 0. The summed E-state index contributed by atoms with van der Waals surface area (Å²) >= 11 is 0. The number of hydrogen-bond acceptors (Lipinski definition) is 4. The molecule has 0 heterocycles. The van der Waals surface area contributed by atoms with E-state index >= 15 is 0 Å². The zero-order valence-corrected chi connectivity index (χ0v) is 5.50. The molecule has 11 heavy (non-hydrogen) atoms. The van der Waals surface area contributed by atoms with E-state index in [0.29, 0.717) is 7.45 Å². The van der Waals surface area contributed by atoms with Gasteiger partial charge in [-0.15, -0.1) is 0 Å². The maximum absolute atomic E-state index is 8.37. The van der Waals surface area contributed by atoms with Crippen LogP contribution in [0.25, 0.3) is 0 Å². The Morgan fingerprint density at radius 3 is 2.09 bits per heavy atom. The zero-order valence-electron chi connectivity index (χ0n) is 6.50. The molecule has 0 bridgehead atoms. The van der Waals surface area contributed by atoms with Crippen molar-refractivity contribution in [1.82, 2.24) is 0 Å². The van der Waals surface area contributed by atoms with Gasteiger partial charge in [-0.2, -0.15) is 0 Å². The molecule has 0 spiro atoms. The van der Waals surface area contributed by atoms with Crippen molar-refractivity contribution in [3.8, 4) is 18.2 Å². The summed E-state index contributed by atoms with van der Waals surface area (Å²) in [5, 5.41) is 25.0. The van der Waals surface area contributed by atoms with Gasteiger partial charge >= 0.3 is 65.2 Å². The molecule has 0 saturated heterocycles. The van der Waals surface area contributed by atoms with E-state index in [4.69, 9.17) is 22.9 Å². The average Bonchev–Trinajstić information content (AvgIpc) is 2.09. The molecule has 5 heteroatoms. The molecule has 0 atom stereocenters. The predicted octanol–water partition coefficient (Wildman–Crippen LogP) is -1.16. The van der Waals surface area contributed by atoms with Gasteiger partial charge in [0.15, 0.2) is 0 Å². The standard InChI is InChI=1S/C6H3BN4/c7-5(3-10)6(11)4(1-8)2-9/h7H,11H2/i7D. The van der Waals surface area contributed by atoms with Gasteiger partial charge in [-0.25, -0.2) is 0 Å². The van der Waals surface area contributed by atoms with Gasteiger partial charge in [0.1, 0.15) is 0 Å². The summed E-state index contributed by atoms with van der Waals surface area (Å²) in [6.45, 7) is 0. The minimum absolute atomic E-state index is 0.187. The van der Waals surface area contributed by atoms with Crippen LogP contribution >= 0.6 is 0 Å². The van der Waals surface area contributed by atoms with Crippen LogP contribution in [-0.2, 0) is 0 Å². The van der Waals surface area contributed by atoms with E-state index in [-0.39, 0.29) is 16.7 Å². The quantitative estimate of drug-likeness (QED) is 0.369. The van der Waals surface area contributed by atoms with Crippen LogP contribution in [0.15, 0.2) is 11.3 Å². The molecule has 0 rings (SSSR count). The molecule has 0 amide bonds. The molecular weight excluding hydrogens is 139 g/mol. The summed E-state index contributed by atoms with van der Waals surface area (Å²) in [5.41, 5.74) is 4.44. The van der Waals surface area contributed by atoms with Crippen LogP contribution in [0.5, 0.6) is 0 Å². The average molecular weight is 143 g/mol. The van der Waals surface area contributed by atoms with Gasteiger partial charge in [-0.05, 0) is 0 Å². The van der Waals surface area contributed by atoms with Gasteiger partial charge < -0.3 is 0 Å². The third-order valence-electron chi connectivity index (χ3n) is 0.904. The second-order valence-corrected chi connectivity index (χ2v) is 1.54. The van der Waals surface area contributed by atoms with E-state index in [2.05, 4.69) is 0 Å². The number of nitriles is 3. The SMILES string of the molecule is [2H]B=C(C#N)C(N)=C(C#N)C#N. The van der Waals surface area contributed by atoms with Crippen molar-refractivity contribution < 1.29 is 0 Å². The molecular formula is C6H3BN4. The first-order valence-electron chi connectivity index (χ1n) is 3.08. The van der Waals surface area contributed by atoms with Gasteiger partial charge in [0.25, 0.3) is 0 Å². The van der Waals surface area contributed by atoms with Gasteiger partial charge in [-0.1, -0.05) is 0 Å². The van der Waals surface area contributed by atoms with Crippen LogP contribution in [0.3, 0.4) is 0 Å². The Balaban J connectivity index is 5.24. The Morgan fingerprint density at radius 2 is 1.82 bits per heavy atom. The van der Waals surface area contributed by atoms with Crippen molar-refractivity contribution in [2.45, 2.75) is 0 Å². The molecule has 0 radical (unpaired) electrons. The zero-order chi connectivity index (χ0) is 9.56. The molecule has 4 nitrogen and oxygen atoms in total. The Hall–Kier alpha value is -2.06. The first-order valence-corrected chi connectivity index (χ1v) is 2.50. The summed E-state index contributed by atoms with van der Waals surface area (Å²) in [7, 11) is 0.698. The summed E-state index contributed by atoms with van der Waals surface area (Å²) in [6, 6.07) is 4.63. The normalized spacial score (nSPS) is 9.18. The first kappa shape index (κ1) is 7.06. The second kappa shape index (κ2) is 3.87. The molecule has 0 saturated carbocycles. The van der Waals surface area contributed by atoms with Crippen LogP contribution in [0.4, 0.5) is 0 Å². The predicted molar refractivity (Wildman–Crippen MR) is 40.2 cm³/mol. The Labute approximate surface area is 66.2 Å². The maximum atomic E-state index is 8.37. The van der Waals surface area contributed by atoms with Crippen molar-refractivity contribution in [2.75, 3.05) is 0 Å². The Bertz CT molecular complexity index is 346. The van der Waals surface area contributed by atoms with E-state index in [1.807, 2.05) is 0 Å². The van der Waals surface area contributed by atoms with Crippen LogP contribution in [0.2, 0.25) is 0 Å². The topological polar surface area (TPSA) is 97.4 Å². The van der Waals surface area contributed by atoms with Gasteiger partial charge in [0.05, 0.1) is 0 Å². The number of rotatable bonds is 1. The molecule has 0 fully saturated rings. The monoisotopic (exact) mass is 143 g/mol. The molecule has 0 unspecified atom stereocenters. The number of hydrogen-bond donors (Lipinski definition) is 1. The van der Waals surface area contributed by atoms with Crippen LogP contribution in [-0.4, -0.2) is 14.3 Å². The van der Waals surface area contributed by atoms with Crippen molar-refractivity contribution >= 4 is 12.9 Å². The van der Waals surface area contributed by atoms with Crippen LogP contribution in [0, 0.1) is 34.0 Å². The molecule has 0 aliphatic rings. The fourth-order valence-electron chi connectivity index (χ4n) is 0.340. The molecule has 0 aliphatic carbocycles. The van der Waals surface area contributed by atoms with E-state index in [1.54, 1.807) is 6.07 Å². The summed E-state index contributed by atoms with van der Waals surface area (Å²) < 4.78 is 6.72. The van der Waals surface area contributed by atoms with Gasteiger partial charge in [-0.3, -0.25) is 0 Å². The molecule has 0 aliphatic heterocycles. The van der Waals surface area contributed by atoms with Crippen molar-refractivity contribution in [3.05, 3.63) is 11.3 Å². The third-order valence-corrected chi connectivity index (χ3v) is 0.904. The number of allylic oxidation sites excluding steroid dienone is 2. The number of nitrogens with zero attached hydrogens (tertiary/aromatic N) is 3. The van der Waals surface area contributed by atoms with Crippen LogP contribution < -0.4 is 5.73 Å². The molecule has 50 valence electrons. The fourth-order valence-corrected chi connectivity index (χ4v) is 0.340. The van der Waals surface area contributed by atoms with Gasteiger partial charge in [0.2, 0.25) is 0 Å². The van der Waals surface area contributed by atoms with Crippen molar-refractivity contribution in [2.24, 2.45) is 5.73 Å². The van der Waals surface area contributed by atoms with Crippen molar-refractivity contribution in [1.29, 1.82) is 17.1 Å². The summed E-state index contributed by atoms with van der Waals surface area (Å²) in [5.74, 6) is 0. The number of nitrogens with two attached hydrogens (primary N) is 1. The first-order chi connectivity index (χ1) is 5.71. The molecule has 0 aromatic carbocycles. The Kier molecular flexibility index (Phi) is 2.49. The minimum atomic E-state index is -0.352. The third kappa shape index (κ3) is 1.97. The molecule has 0 aromatic rings. The second-order valence-electron chi connectivity index (χ2n) is 1.54. The van der Waals surface area contributed by atoms with Crippen LogP contribution in [0.1, 0.15) is 0 Å². The molecule has 0 aromatic heterocycles. The van der Waals surface area contributed by atoms with E-state index < -0.39 is 0 Å². The van der Waals surface area contributed by atoms with E-state index in [1.165, 1.54) is 12.1 Å². The molecule has 2 N–H and O–H groups in total. The fraction of sp³-hybridized carbons (Fsp3) is 0. The van der Waals surface area contributed by atoms with Gasteiger partial charge in [0, 0.05) is 0 Å². The van der Waals surface area contributed by atoms with E-state index in [9.17, 15) is 0 Å². The Morgan fingerprint density at radius 1 is 1.27 bits per heavy atom. The summed E-state index contributed by atoms with van der Waals surface area (Å²) in [6.07, 6.45) is 0. The van der Waals surface area contributed by atoms with Crippen molar-refractivity contribution in [3.63, 3.8) is 0 Å². The van der Waals surface area contributed by atoms with E-state index in [0.717, 1.165) is 0 Å².